The molecule has 3 rings (SSSR count). The van der Waals surface area contributed by atoms with E-state index in [0.29, 0.717) is 23.1 Å². The minimum absolute atomic E-state index is 0.518. The molecule has 0 unspecified atom stereocenters. The molecule has 124 valence electrons. The maximum Gasteiger partial charge on any atom is 0.199 e. The van der Waals surface area contributed by atoms with Gasteiger partial charge in [-0.15, -0.1) is 0 Å². The van der Waals surface area contributed by atoms with Gasteiger partial charge in [-0.3, -0.25) is 9.98 Å². The smallest absolute Gasteiger partial charge is 0.199 e. The Labute approximate surface area is 142 Å². The van der Waals surface area contributed by atoms with Crippen LogP contribution < -0.4 is 10.6 Å². The van der Waals surface area contributed by atoms with Crippen molar-refractivity contribution in [3.05, 3.63) is 47.6 Å². The molecule has 2 aliphatic heterocycles. The van der Waals surface area contributed by atoms with Gasteiger partial charge in [-0.2, -0.15) is 5.26 Å². The SMILES string of the molecule is CC1=CNC(=NCC2CCOCC2)N/C1=C(/C#N)c1ccccn1. The molecule has 2 N–H and O–H groups in total. The number of nitrogens with zero attached hydrogens (tertiary/aromatic N) is 3. The zero-order valence-electron chi connectivity index (χ0n) is 13.7. The number of aliphatic imine (C=N–C) groups is 1. The lowest BCUT2D eigenvalue weighted by Crippen LogP contribution is -2.39. The Morgan fingerprint density at radius 2 is 2.25 bits per heavy atom. The maximum absolute atomic E-state index is 9.58. The van der Waals surface area contributed by atoms with E-state index in [-0.39, 0.29) is 0 Å². The molecule has 0 bridgehead atoms. The molecule has 0 amide bonds. The Morgan fingerprint density at radius 3 is 2.96 bits per heavy atom. The van der Waals surface area contributed by atoms with Crippen LogP contribution in [0.25, 0.3) is 5.57 Å². The Kier molecular flexibility index (Phi) is 5.24. The number of nitriles is 1. The fourth-order valence-electron chi connectivity index (χ4n) is 2.75. The van der Waals surface area contributed by atoms with Crippen LogP contribution in [0.2, 0.25) is 0 Å². The van der Waals surface area contributed by atoms with Gasteiger partial charge in [0.1, 0.15) is 11.6 Å². The highest BCUT2D eigenvalue weighted by Crippen LogP contribution is 2.21. The number of hydrogen-bond donors (Lipinski definition) is 2. The van der Waals surface area contributed by atoms with Crippen molar-refractivity contribution in [2.45, 2.75) is 19.8 Å². The molecule has 0 radical (unpaired) electrons. The fourth-order valence-corrected chi connectivity index (χ4v) is 2.75. The molecule has 0 aliphatic carbocycles. The van der Waals surface area contributed by atoms with Crippen LogP contribution in [-0.2, 0) is 4.74 Å². The first-order valence-electron chi connectivity index (χ1n) is 8.16. The number of hydrogen-bond acceptors (Lipinski definition) is 4. The highest BCUT2D eigenvalue weighted by molar-refractivity contribution is 5.90. The number of guanidine groups is 1. The van der Waals surface area contributed by atoms with Crippen molar-refractivity contribution in [3.63, 3.8) is 0 Å². The zero-order chi connectivity index (χ0) is 16.8. The zero-order valence-corrected chi connectivity index (χ0v) is 13.7. The number of ether oxygens (including phenoxy) is 1. The summed E-state index contributed by atoms with van der Waals surface area (Å²) >= 11 is 0. The number of allylic oxidation sites excluding steroid dienone is 2. The molecule has 0 spiro atoms. The monoisotopic (exact) mass is 323 g/mol. The van der Waals surface area contributed by atoms with E-state index >= 15 is 0 Å². The molecule has 2 aliphatic rings. The first kappa shape index (κ1) is 16.2. The van der Waals surface area contributed by atoms with E-state index in [2.05, 4.69) is 26.7 Å². The number of nitrogens with one attached hydrogen (secondary N) is 2. The van der Waals surface area contributed by atoms with Gasteiger partial charge in [0.2, 0.25) is 0 Å². The van der Waals surface area contributed by atoms with Crippen molar-refractivity contribution in [1.29, 1.82) is 5.26 Å². The molecular formula is C18H21N5O. The Bertz CT molecular complexity index is 709. The van der Waals surface area contributed by atoms with E-state index in [4.69, 9.17) is 4.74 Å². The summed E-state index contributed by atoms with van der Waals surface area (Å²) in [7, 11) is 0. The van der Waals surface area contributed by atoms with Gasteiger partial charge in [0.05, 0.1) is 11.4 Å². The van der Waals surface area contributed by atoms with Gasteiger partial charge < -0.3 is 15.4 Å². The first-order valence-corrected chi connectivity index (χ1v) is 8.16. The van der Waals surface area contributed by atoms with E-state index in [1.165, 1.54) is 0 Å². The lowest BCUT2D eigenvalue weighted by molar-refractivity contribution is 0.0689. The fraction of sp³-hybridized carbons (Fsp3) is 0.389. The minimum Gasteiger partial charge on any atom is -0.381 e. The average Bonchev–Trinajstić information content (AvgIpc) is 2.64. The second-order valence-corrected chi connectivity index (χ2v) is 5.92. The number of rotatable bonds is 3. The van der Waals surface area contributed by atoms with E-state index in [1.54, 1.807) is 6.20 Å². The molecule has 6 heteroatoms. The van der Waals surface area contributed by atoms with Crippen LogP contribution >= 0.6 is 0 Å². The summed E-state index contributed by atoms with van der Waals surface area (Å²) in [6.07, 6.45) is 5.65. The van der Waals surface area contributed by atoms with Crippen LogP contribution in [0.4, 0.5) is 0 Å². The van der Waals surface area contributed by atoms with Crippen LogP contribution in [0, 0.1) is 17.2 Å². The lowest BCUT2D eigenvalue weighted by Gasteiger charge is -2.23. The first-order chi connectivity index (χ1) is 11.8. The molecule has 1 saturated heterocycles. The molecular weight excluding hydrogens is 302 g/mol. The van der Waals surface area contributed by atoms with Crippen molar-refractivity contribution in [2.75, 3.05) is 19.8 Å². The molecule has 6 nitrogen and oxygen atoms in total. The number of pyridine rings is 1. The van der Waals surface area contributed by atoms with Crippen LogP contribution in [0.3, 0.4) is 0 Å². The van der Waals surface area contributed by atoms with Crippen LogP contribution in [-0.4, -0.2) is 30.7 Å². The largest absolute Gasteiger partial charge is 0.381 e. The predicted octanol–water partition coefficient (Wildman–Crippen LogP) is 2.20. The summed E-state index contributed by atoms with van der Waals surface area (Å²) in [4.78, 5) is 8.91. The molecule has 3 heterocycles. The standard InChI is InChI=1S/C18H21N5O/c1-13-11-21-18(22-12-14-5-8-24-9-6-14)23-17(13)15(10-19)16-4-2-3-7-20-16/h2-4,7,11,14H,5-6,8-9,12H2,1H3,(H2,21,22,23)/b17-15-. The van der Waals surface area contributed by atoms with Crippen LogP contribution in [0.1, 0.15) is 25.5 Å². The van der Waals surface area contributed by atoms with Gasteiger partial charge in [-0.25, -0.2) is 0 Å². The summed E-state index contributed by atoms with van der Waals surface area (Å²) < 4.78 is 5.38. The third kappa shape index (κ3) is 3.81. The Morgan fingerprint density at radius 1 is 1.42 bits per heavy atom. The van der Waals surface area contributed by atoms with Crippen LogP contribution in [0.5, 0.6) is 0 Å². The quantitative estimate of drug-likeness (QED) is 0.833. The van der Waals surface area contributed by atoms with Gasteiger partial charge in [-0.05, 0) is 43.4 Å². The minimum atomic E-state index is 0.518. The summed E-state index contributed by atoms with van der Waals surface area (Å²) in [5, 5.41) is 16.0. The Balaban J connectivity index is 1.81. The highest BCUT2D eigenvalue weighted by atomic mass is 16.5. The Hall–Kier alpha value is -2.65. The van der Waals surface area contributed by atoms with Crippen molar-refractivity contribution < 1.29 is 4.74 Å². The summed E-state index contributed by atoms with van der Waals surface area (Å²) in [5.74, 6) is 1.23. The van der Waals surface area contributed by atoms with Crippen LogP contribution in [0.15, 0.2) is 46.9 Å². The van der Waals surface area contributed by atoms with Gasteiger partial charge in [-0.1, -0.05) is 6.07 Å². The molecule has 24 heavy (non-hydrogen) atoms. The molecule has 1 aromatic heterocycles. The molecule has 1 aromatic rings. The molecule has 1 fully saturated rings. The van der Waals surface area contributed by atoms with E-state index in [1.807, 2.05) is 31.3 Å². The predicted molar refractivity (Wildman–Crippen MR) is 92.6 cm³/mol. The van der Waals surface area contributed by atoms with Crippen molar-refractivity contribution in [2.24, 2.45) is 10.9 Å². The maximum atomic E-state index is 9.58. The summed E-state index contributed by atoms with van der Waals surface area (Å²) in [6.45, 7) is 4.34. The van der Waals surface area contributed by atoms with E-state index in [0.717, 1.165) is 43.9 Å². The normalized spacial score (nSPS) is 22.2. The lowest BCUT2D eigenvalue weighted by atomic mass is 10.0. The third-order valence-corrected chi connectivity index (χ3v) is 4.19. The molecule has 0 atom stereocenters. The van der Waals surface area contributed by atoms with Crippen molar-refractivity contribution >= 4 is 11.5 Å². The topological polar surface area (TPSA) is 82.3 Å². The summed E-state index contributed by atoms with van der Waals surface area (Å²) in [5.41, 5.74) is 2.87. The average molecular weight is 323 g/mol. The van der Waals surface area contributed by atoms with Gasteiger partial charge >= 0.3 is 0 Å². The summed E-state index contributed by atoms with van der Waals surface area (Å²) in [6, 6.07) is 7.81. The van der Waals surface area contributed by atoms with Crippen molar-refractivity contribution in [3.8, 4) is 6.07 Å². The van der Waals surface area contributed by atoms with E-state index < -0.39 is 0 Å². The van der Waals surface area contributed by atoms with Gasteiger partial charge in [0.15, 0.2) is 5.96 Å². The second kappa shape index (κ2) is 7.75. The molecule has 0 aromatic carbocycles. The number of aromatic nitrogens is 1. The third-order valence-electron chi connectivity index (χ3n) is 4.19. The van der Waals surface area contributed by atoms with Gasteiger partial charge in [0.25, 0.3) is 0 Å². The van der Waals surface area contributed by atoms with Gasteiger partial charge in [0, 0.05) is 32.2 Å². The molecule has 0 saturated carbocycles. The highest BCUT2D eigenvalue weighted by Gasteiger charge is 2.18. The van der Waals surface area contributed by atoms with E-state index in [9.17, 15) is 5.26 Å². The second-order valence-electron chi connectivity index (χ2n) is 5.92. The van der Waals surface area contributed by atoms with Crippen molar-refractivity contribution in [1.82, 2.24) is 15.6 Å².